The maximum absolute atomic E-state index is 11.6. The molecule has 1 N–H and O–H groups in total. The first-order chi connectivity index (χ1) is 14.4. The largest absolute Gasteiger partial charge is 0.489 e. The molecule has 3 aromatic rings. The number of benzene rings is 1. The second-order valence-electron chi connectivity index (χ2n) is 7.78. The average molecular weight is 406 g/mol. The van der Waals surface area contributed by atoms with E-state index in [4.69, 9.17) is 9.72 Å². The molecule has 1 aliphatic heterocycles. The van der Waals surface area contributed by atoms with E-state index in [-0.39, 0.29) is 12.0 Å². The number of nitrogens with one attached hydrogen (secondary N) is 1. The molecule has 8 heteroatoms. The SMILES string of the molecule is CC(=O)Nc1cc(-c2cccc(O[C@H]3CCN(C)C3)c2)nc(-n2nc(C)cc2C)n1. The Morgan fingerprint density at radius 2 is 2.03 bits per heavy atom. The number of aryl methyl sites for hydroxylation is 2. The molecule has 1 atom stereocenters. The number of likely N-dealkylation sites (N-methyl/N-ethyl adjacent to an activating group) is 1. The molecule has 0 aliphatic carbocycles. The fraction of sp³-hybridized carbons (Fsp3) is 0.364. The lowest BCUT2D eigenvalue weighted by atomic mass is 10.1. The van der Waals surface area contributed by atoms with Gasteiger partial charge in [0.15, 0.2) is 0 Å². The van der Waals surface area contributed by atoms with Crippen LogP contribution in [0.5, 0.6) is 5.75 Å². The van der Waals surface area contributed by atoms with Crippen LogP contribution in [-0.2, 0) is 4.79 Å². The third-order valence-corrected chi connectivity index (χ3v) is 5.00. The van der Waals surface area contributed by atoms with Crippen LogP contribution >= 0.6 is 0 Å². The average Bonchev–Trinajstić information content (AvgIpc) is 3.25. The first-order valence-corrected chi connectivity index (χ1v) is 10.0. The summed E-state index contributed by atoms with van der Waals surface area (Å²) in [6, 6.07) is 11.6. The number of ether oxygens (including phenoxy) is 1. The number of rotatable bonds is 5. The minimum Gasteiger partial charge on any atom is -0.489 e. The van der Waals surface area contributed by atoms with E-state index >= 15 is 0 Å². The number of hydrogen-bond acceptors (Lipinski definition) is 6. The molecule has 3 heterocycles. The number of aromatic nitrogens is 4. The third kappa shape index (κ3) is 4.49. The Morgan fingerprint density at radius 3 is 2.70 bits per heavy atom. The van der Waals surface area contributed by atoms with Crippen LogP contribution in [0, 0.1) is 13.8 Å². The molecule has 156 valence electrons. The molecule has 1 amide bonds. The van der Waals surface area contributed by atoms with Crippen molar-refractivity contribution in [3.05, 3.63) is 47.8 Å². The highest BCUT2D eigenvalue weighted by Gasteiger charge is 2.21. The van der Waals surface area contributed by atoms with Crippen LogP contribution in [0.15, 0.2) is 36.4 Å². The molecule has 1 aromatic carbocycles. The molecular weight excluding hydrogens is 380 g/mol. The number of nitrogens with zero attached hydrogens (tertiary/aromatic N) is 5. The van der Waals surface area contributed by atoms with Crippen molar-refractivity contribution >= 4 is 11.7 Å². The molecule has 0 spiro atoms. The maximum atomic E-state index is 11.6. The summed E-state index contributed by atoms with van der Waals surface area (Å²) >= 11 is 0. The Kier molecular flexibility index (Phi) is 5.50. The summed E-state index contributed by atoms with van der Waals surface area (Å²) in [7, 11) is 2.10. The lowest BCUT2D eigenvalue weighted by Crippen LogP contribution is -2.21. The highest BCUT2D eigenvalue weighted by molar-refractivity contribution is 5.88. The summed E-state index contributed by atoms with van der Waals surface area (Å²) in [6.07, 6.45) is 1.21. The number of anilines is 1. The van der Waals surface area contributed by atoms with Crippen molar-refractivity contribution in [3.63, 3.8) is 0 Å². The number of carbonyl (C=O) groups excluding carboxylic acids is 1. The van der Waals surface area contributed by atoms with Crippen molar-refractivity contribution in [1.29, 1.82) is 0 Å². The molecule has 0 saturated carbocycles. The molecule has 0 unspecified atom stereocenters. The highest BCUT2D eigenvalue weighted by Crippen LogP contribution is 2.27. The summed E-state index contributed by atoms with van der Waals surface area (Å²) in [4.78, 5) is 23.1. The van der Waals surface area contributed by atoms with E-state index in [2.05, 4.69) is 27.3 Å². The molecule has 0 radical (unpaired) electrons. The monoisotopic (exact) mass is 406 g/mol. The van der Waals surface area contributed by atoms with Crippen LogP contribution in [0.4, 0.5) is 5.82 Å². The summed E-state index contributed by atoms with van der Waals surface area (Å²) in [6.45, 7) is 7.29. The van der Waals surface area contributed by atoms with E-state index in [1.165, 1.54) is 6.92 Å². The lowest BCUT2D eigenvalue weighted by Gasteiger charge is -2.15. The number of hydrogen-bond donors (Lipinski definition) is 1. The van der Waals surface area contributed by atoms with Gasteiger partial charge in [0.05, 0.1) is 11.4 Å². The topological polar surface area (TPSA) is 85.2 Å². The predicted octanol–water partition coefficient (Wildman–Crippen LogP) is 2.99. The van der Waals surface area contributed by atoms with Crippen molar-refractivity contribution in [2.45, 2.75) is 33.3 Å². The van der Waals surface area contributed by atoms with Gasteiger partial charge in [-0.25, -0.2) is 9.67 Å². The Hall–Kier alpha value is -3.26. The summed E-state index contributed by atoms with van der Waals surface area (Å²) in [5.74, 6) is 1.45. The summed E-state index contributed by atoms with van der Waals surface area (Å²) in [5.41, 5.74) is 3.36. The van der Waals surface area contributed by atoms with Crippen molar-refractivity contribution in [2.75, 3.05) is 25.5 Å². The normalized spacial score (nSPS) is 16.6. The second-order valence-corrected chi connectivity index (χ2v) is 7.78. The van der Waals surface area contributed by atoms with Gasteiger partial charge >= 0.3 is 0 Å². The summed E-state index contributed by atoms with van der Waals surface area (Å²) < 4.78 is 7.85. The molecular formula is C22H26N6O2. The van der Waals surface area contributed by atoms with Crippen LogP contribution in [0.1, 0.15) is 24.7 Å². The lowest BCUT2D eigenvalue weighted by molar-refractivity contribution is -0.114. The van der Waals surface area contributed by atoms with Crippen molar-refractivity contribution < 1.29 is 9.53 Å². The van der Waals surface area contributed by atoms with Crippen molar-refractivity contribution in [3.8, 4) is 23.0 Å². The molecule has 4 rings (SSSR count). The van der Waals surface area contributed by atoms with E-state index in [9.17, 15) is 4.79 Å². The van der Waals surface area contributed by atoms with E-state index in [0.29, 0.717) is 17.5 Å². The molecule has 1 saturated heterocycles. The minimum atomic E-state index is -0.193. The molecule has 0 bridgehead atoms. The quantitative estimate of drug-likeness (QED) is 0.701. The standard InChI is InChI=1S/C22H26N6O2/c1-14-10-15(2)28(26-14)22-24-20(12-21(25-22)23-16(3)29)17-6-5-7-18(11-17)30-19-8-9-27(4)13-19/h5-7,10-12,19H,8-9,13H2,1-4H3,(H,23,24,25,29)/t19-/m0/s1. The van der Waals surface area contributed by atoms with Gasteiger partial charge in [0.25, 0.3) is 5.95 Å². The van der Waals surface area contributed by atoms with Crippen LogP contribution < -0.4 is 10.1 Å². The molecule has 8 nitrogen and oxygen atoms in total. The van der Waals surface area contributed by atoms with Gasteiger partial charge in [-0.1, -0.05) is 12.1 Å². The second kappa shape index (κ2) is 8.23. The molecule has 2 aromatic heterocycles. The number of amides is 1. The van der Waals surface area contributed by atoms with Crippen molar-refractivity contribution in [2.24, 2.45) is 0 Å². The molecule has 1 aliphatic rings. The maximum Gasteiger partial charge on any atom is 0.253 e. The molecule has 1 fully saturated rings. The van der Waals surface area contributed by atoms with E-state index in [1.54, 1.807) is 10.7 Å². The zero-order valence-electron chi connectivity index (χ0n) is 17.7. The zero-order valence-corrected chi connectivity index (χ0v) is 17.7. The fourth-order valence-electron chi connectivity index (χ4n) is 3.66. The third-order valence-electron chi connectivity index (χ3n) is 5.00. The number of carbonyl (C=O) groups is 1. The Balaban J connectivity index is 1.70. The smallest absolute Gasteiger partial charge is 0.253 e. The van der Waals surface area contributed by atoms with Crippen LogP contribution in [0.3, 0.4) is 0 Å². The fourth-order valence-corrected chi connectivity index (χ4v) is 3.66. The number of likely N-dealkylation sites (tertiary alicyclic amines) is 1. The highest BCUT2D eigenvalue weighted by atomic mass is 16.5. The van der Waals surface area contributed by atoms with E-state index in [0.717, 1.165) is 42.2 Å². The Bertz CT molecular complexity index is 1080. The minimum absolute atomic E-state index is 0.191. The van der Waals surface area contributed by atoms with Gasteiger partial charge in [-0.2, -0.15) is 10.1 Å². The van der Waals surface area contributed by atoms with Gasteiger partial charge < -0.3 is 15.0 Å². The Labute approximate surface area is 175 Å². The van der Waals surface area contributed by atoms with Gasteiger partial charge in [-0.3, -0.25) is 4.79 Å². The first-order valence-electron chi connectivity index (χ1n) is 10.0. The van der Waals surface area contributed by atoms with Crippen LogP contribution in [-0.4, -0.2) is 56.8 Å². The molecule has 30 heavy (non-hydrogen) atoms. The zero-order chi connectivity index (χ0) is 21.3. The van der Waals surface area contributed by atoms with Crippen LogP contribution in [0.25, 0.3) is 17.2 Å². The van der Waals surface area contributed by atoms with Gasteiger partial charge in [-0.05, 0) is 45.5 Å². The van der Waals surface area contributed by atoms with Crippen molar-refractivity contribution in [1.82, 2.24) is 24.6 Å². The van der Waals surface area contributed by atoms with E-state index in [1.807, 2.05) is 44.2 Å². The predicted molar refractivity (Wildman–Crippen MR) is 115 cm³/mol. The van der Waals surface area contributed by atoms with Gasteiger partial charge in [0.2, 0.25) is 5.91 Å². The first kappa shape index (κ1) is 20.0. The summed E-state index contributed by atoms with van der Waals surface area (Å²) in [5, 5.41) is 7.24. The Morgan fingerprint density at radius 1 is 1.20 bits per heavy atom. The van der Waals surface area contributed by atoms with Gasteiger partial charge in [0.1, 0.15) is 17.7 Å². The van der Waals surface area contributed by atoms with Gasteiger partial charge in [0, 0.05) is 37.3 Å². The van der Waals surface area contributed by atoms with E-state index < -0.39 is 0 Å². The van der Waals surface area contributed by atoms with Crippen LogP contribution in [0.2, 0.25) is 0 Å². The van der Waals surface area contributed by atoms with Gasteiger partial charge in [-0.15, -0.1) is 0 Å².